The van der Waals surface area contributed by atoms with E-state index in [1.165, 1.54) is 12.1 Å². The zero-order chi connectivity index (χ0) is 20.6. The van der Waals surface area contributed by atoms with E-state index < -0.39 is 18.0 Å². The van der Waals surface area contributed by atoms with Crippen molar-refractivity contribution < 1.29 is 23.8 Å². The van der Waals surface area contributed by atoms with E-state index in [4.69, 9.17) is 4.74 Å². The maximum atomic E-state index is 13.7. The molecular formula is C21H30FN3O4. The predicted molar refractivity (Wildman–Crippen MR) is 107 cm³/mol. The number of anilines is 1. The lowest BCUT2D eigenvalue weighted by atomic mass is 9.97. The molecule has 1 aliphatic heterocycles. The number of carbonyl (C=O) groups excluding carboxylic acids is 2. The molecule has 8 heteroatoms. The highest BCUT2D eigenvalue weighted by molar-refractivity contribution is 5.89. The second kappa shape index (κ2) is 10.5. The first-order chi connectivity index (χ1) is 14.1. The standard InChI is InChI=1S/C21H30FN3O4/c22-16-7-3-4-8-17(16)24-21(28)25-18-10-9-15(29-19(18)13-26)11-12-23-20(27)14-5-1-2-6-14/h3-4,7-8,14-15,18-19,26H,1-2,5-6,9-13H2,(H,23,27)(H2,24,25,28)/t15-,18-,19-/m0/s1. The van der Waals surface area contributed by atoms with Crippen LogP contribution in [-0.4, -0.2) is 48.4 Å². The van der Waals surface area contributed by atoms with Gasteiger partial charge in [0, 0.05) is 12.5 Å². The first-order valence-corrected chi connectivity index (χ1v) is 10.4. The number of nitrogens with one attached hydrogen (secondary N) is 3. The van der Waals surface area contributed by atoms with Crippen molar-refractivity contribution in [3.05, 3.63) is 30.1 Å². The third-order valence-electron chi connectivity index (χ3n) is 5.73. The molecule has 1 aliphatic carbocycles. The average molecular weight is 407 g/mol. The van der Waals surface area contributed by atoms with Gasteiger partial charge in [-0.15, -0.1) is 0 Å². The van der Waals surface area contributed by atoms with E-state index in [9.17, 15) is 19.1 Å². The van der Waals surface area contributed by atoms with Crippen molar-refractivity contribution in [1.82, 2.24) is 10.6 Å². The van der Waals surface area contributed by atoms with Gasteiger partial charge in [0.05, 0.1) is 24.4 Å². The van der Waals surface area contributed by atoms with Gasteiger partial charge in [0.15, 0.2) is 0 Å². The van der Waals surface area contributed by atoms with Gasteiger partial charge >= 0.3 is 6.03 Å². The molecule has 7 nitrogen and oxygen atoms in total. The zero-order valence-corrected chi connectivity index (χ0v) is 16.5. The van der Waals surface area contributed by atoms with Gasteiger partial charge in [-0.1, -0.05) is 25.0 Å². The third kappa shape index (κ3) is 6.14. The van der Waals surface area contributed by atoms with E-state index in [0.29, 0.717) is 25.8 Å². The Morgan fingerprint density at radius 1 is 1.14 bits per heavy atom. The Morgan fingerprint density at radius 3 is 2.62 bits per heavy atom. The van der Waals surface area contributed by atoms with Crippen LogP contribution >= 0.6 is 0 Å². The summed E-state index contributed by atoms with van der Waals surface area (Å²) in [5.74, 6) is -0.239. The molecule has 0 unspecified atom stereocenters. The number of aliphatic hydroxyl groups excluding tert-OH is 1. The van der Waals surface area contributed by atoms with E-state index >= 15 is 0 Å². The van der Waals surface area contributed by atoms with Crippen molar-refractivity contribution in [3.63, 3.8) is 0 Å². The number of urea groups is 1. The summed E-state index contributed by atoms with van der Waals surface area (Å²) in [5.41, 5.74) is 0.0955. The van der Waals surface area contributed by atoms with Crippen LogP contribution in [0.25, 0.3) is 0 Å². The number of hydrogen-bond acceptors (Lipinski definition) is 4. The van der Waals surface area contributed by atoms with Gasteiger partial charge in [-0.05, 0) is 44.2 Å². The first kappa shape index (κ1) is 21.5. The summed E-state index contributed by atoms with van der Waals surface area (Å²) in [6.45, 7) is 0.319. The number of para-hydroxylation sites is 1. The van der Waals surface area contributed by atoms with Crippen LogP contribution < -0.4 is 16.0 Å². The SMILES string of the molecule is O=C(Nc1ccccc1F)N[C@H]1CC[C@@H](CCNC(=O)C2CCCC2)O[C@H]1CO. The fourth-order valence-electron chi connectivity index (χ4n) is 4.09. The Morgan fingerprint density at radius 2 is 1.90 bits per heavy atom. The summed E-state index contributed by atoms with van der Waals surface area (Å²) < 4.78 is 19.6. The van der Waals surface area contributed by atoms with E-state index in [2.05, 4.69) is 16.0 Å². The molecule has 4 N–H and O–H groups in total. The third-order valence-corrected chi connectivity index (χ3v) is 5.73. The van der Waals surface area contributed by atoms with Crippen LogP contribution in [0.1, 0.15) is 44.9 Å². The number of hydrogen-bond donors (Lipinski definition) is 4. The van der Waals surface area contributed by atoms with Gasteiger partial charge in [0.25, 0.3) is 0 Å². The molecule has 2 aliphatic rings. The van der Waals surface area contributed by atoms with Crippen LogP contribution in [0.15, 0.2) is 24.3 Å². The summed E-state index contributed by atoms with van der Waals surface area (Å²) in [7, 11) is 0. The molecule has 3 rings (SSSR count). The van der Waals surface area contributed by atoms with Crippen molar-refractivity contribution in [3.8, 4) is 0 Å². The Labute approximate surface area is 170 Å². The highest BCUT2D eigenvalue weighted by Gasteiger charge is 2.32. The van der Waals surface area contributed by atoms with Crippen LogP contribution in [0.4, 0.5) is 14.9 Å². The largest absolute Gasteiger partial charge is 0.394 e. The van der Waals surface area contributed by atoms with Crippen molar-refractivity contribution in [2.24, 2.45) is 5.92 Å². The molecule has 1 saturated heterocycles. The summed E-state index contributed by atoms with van der Waals surface area (Å²) in [4.78, 5) is 24.3. The lowest BCUT2D eigenvalue weighted by molar-refractivity contribution is -0.125. The zero-order valence-electron chi connectivity index (χ0n) is 16.5. The fourth-order valence-corrected chi connectivity index (χ4v) is 4.09. The molecule has 160 valence electrons. The Balaban J connectivity index is 1.41. The first-order valence-electron chi connectivity index (χ1n) is 10.4. The van der Waals surface area contributed by atoms with Crippen LogP contribution in [0.5, 0.6) is 0 Å². The Hall–Kier alpha value is -2.19. The summed E-state index contributed by atoms with van der Waals surface area (Å²) >= 11 is 0. The number of benzene rings is 1. The molecule has 0 bridgehead atoms. The predicted octanol–water partition coefficient (Wildman–Crippen LogP) is 2.55. The maximum absolute atomic E-state index is 13.7. The molecule has 1 heterocycles. The van der Waals surface area contributed by atoms with Crippen LogP contribution in [0.2, 0.25) is 0 Å². The second-order valence-electron chi connectivity index (χ2n) is 7.80. The molecule has 1 aromatic rings. The topological polar surface area (TPSA) is 99.7 Å². The molecule has 0 spiro atoms. The van der Waals surface area contributed by atoms with Crippen molar-refractivity contribution in [2.45, 2.75) is 63.2 Å². The maximum Gasteiger partial charge on any atom is 0.319 e. The van der Waals surface area contributed by atoms with Crippen LogP contribution in [0.3, 0.4) is 0 Å². The number of ether oxygens (including phenoxy) is 1. The number of carbonyl (C=O) groups is 2. The molecular weight excluding hydrogens is 377 g/mol. The lowest BCUT2D eigenvalue weighted by Crippen LogP contribution is -2.52. The van der Waals surface area contributed by atoms with Gasteiger partial charge < -0.3 is 25.8 Å². The van der Waals surface area contributed by atoms with E-state index in [1.807, 2.05) is 0 Å². The highest BCUT2D eigenvalue weighted by Crippen LogP contribution is 2.25. The highest BCUT2D eigenvalue weighted by atomic mass is 19.1. The van der Waals surface area contributed by atoms with Gasteiger partial charge in [0.2, 0.25) is 5.91 Å². The minimum absolute atomic E-state index is 0.0799. The van der Waals surface area contributed by atoms with E-state index in [-0.39, 0.29) is 36.3 Å². The Bertz CT molecular complexity index is 696. The smallest absolute Gasteiger partial charge is 0.319 e. The summed E-state index contributed by atoms with van der Waals surface area (Å²) in [6.07, 6.45) is 5.60. The van der Waals surface area contributed by atoms with Gasteiger partial charge in [-0.25, -0.2) is 9.18 Å². The van der Waals surface area contributed by atoms with E-state index in [0.717, 1.165) is 25.7 Å². The monoisotopic (exact) mass is 407 g/mol. The summed E-state index contributed by atoms with van der Waals surface area (Å²) in [6, 6.07) is 5.03. The molecule has 29 heavy (non-hydrogen) atoms. The normalized spacial score (nSPS) is 24.8. The average Bonchev–Trinajstić information content (AvgIpc) is 3.25. The van der Waals surface area contributed by atoms with Crippen LogP contribution in [-0.2, 0) is 9.53 Å². The lowest BCUT2D eigenvalue weighted by Gasteiger charge is -2.36. The number of aliphatic hydroxyl groups is 1. The number of halogens is 1. The minimum atomic E-state index is -0.538. The van der Waals surface area contributed by atoms with Crippen LogP contribution in [0, 0.1) is 11.7 Å². The second-order valence-corrected chi connectivity index (χ2v) is 7.80. The number of rotatable bonds is 7. The van der Waals surface area contributed by atoms with Gasteiger partial charge in [-0.3, -0.25) is 4.79 Å². The van der Waals surface area contributed by atoms with Crippen molar-refractivity contribution in [2.75, 3.05) is 18.5 Å². The van der Waals surface area contributed by atoms with Crippen molar-refractivity contribution in [1.29, 1.82) is 0 Å². The molecule has 3 amide bonds. The Kier molecular flexibility index (Phi) is 7.83. The van der Waals surface area contributed by atoms with Crippen molar-refractivity contribution >= 4 is 17.6 Å². The quantitative estimate of drug-likeness (QED) is 0.558. The molecule has 0 radical (unpaired) electrons. The fraction of sp³-hybridized carbons (Fsp3) is 0.619. The van der Waals surface area contributed by atoms with Gasteiger partial charge in [-0.2, -0.15) is 0 Å². The van der Waals surface area contributed by atoms with E-state index in [1.54, 1.807) is 12.1 Å². The molecule has 1 aromatic carbocycles. The molecule has 1 saturated carbocycles. The minimum Gasteiger partial charge on any atom is -0.394 e. The number of amides is 3. The molecule has 3 atom stereocenters. The molecule has 2 fully saturated rings. The van der Waals surface area contributed by atoms with Gasteiger partial charge in [0.1, 0.15) is 11.9 Å². The molecule has 0 aromatic heterocycles. The summed E-state index contributed by atoms with van der Waals surface area (Å²) in [5, 5.41) is 17.9.